The number of likely N-dealkylation sites (tertiary alicyclic amines) is 1. The standard InChI is InChI=1S/C14H26N2O3/c1-12(15(2)11-8-13(17)19-3)14(18)16-9-6-4-5-7-10-16/h12H,4-11H2,1-3H3. The zero-order valence-corrected chi connectivity index (χ0v) is 12.4. The van der Waals surface area contributed by atoms with Crippen molar-refractivity contribution in [2.45, 2.75) is 45.1 Å². The average Bonchev–Trinajstić information content (AvgIpc) is 2.71. The van der Waals surface area contributed by atoms with E-state index in [1.165, 1.54) is 20.0 Å². The summed E-state index contributed by atoms with van der Waals surface area (Å²) in [5.41, 5.74) is 0. The minimum Gasteiger partial charge on any atom is -0.469 e. The third-order valence-electron chi connectivity index (χ3n) is 3.83. The van der Waals surface area contributed by atoms with E-state index in [1.54, 1.807) is 0 Å². The van der Waals surface area contributed by atoms with E-state index in [0.717, 1.165) is 25.9 Å². The molecule has 0 saturated carbocycles. The number of nitrogens with zero attached hydrogens (tertiary/aromatic N) is 2. The molecule has 110 valence electrons. The number of ether oxygens (including phenoxy) is 1. The number of likely N-dealkylation sites (N-methyl/N-ethyl adjacent to an activating group) is 1. The number of rotatable bonds is 5. The zero-order valence-electron chi connectivity index (χ0n) is 12.4. The van der Waals surface area contributed by atoms with Crippen molar-refractivity contribution in [1.29, 1.82) is 0 Å². The monoisotopic (exact) mass is 270 g/mol. The maximum atomic E-state index is 12.4. The summed E-state index contributed by atoms with van der Waals surface area (Å²) in [5, 5.41) is 0. The van der Waals surface area contributed by atoms with Crippen LogP contribution in [0.5, 0.6) is 0 Å². The van der Waals surface area contributed by atoms with Crippen molar-refractivity contribution in [1.82, 2.24) is 9.80 Å². The van der Waals surface area contributed by atoms with Gasteiger partial charge in [-0.1, -0.05) is 12.8 Å². The minimum atomic E-state index is -0.235. The first-order chi connectivity index (χ1) is 9.06. The molecule has 1 heterocycles. The van der Waals surface area contributed by atoms with Crippen molar-refractivity contribution >= 4 is 11.9 Å². The summed E-state index contributed by atoms with van der Waals surface area (Å²) in [6.45, 7) is 4.19. The van der Waals surface area contributed by atoms with E-state index >= 15 is 0 Å². The molecule has 1 unspecified atom stereocenters. The molecule has 0 radical (unpaired) electrons. The normalized spacial score (nSPS) is 18.0. The van der Waals surface area contributed by atoms with Crippen LogP contribution in [0.4, 0.5) is 0 Å². The van der Waals surface area contributed by atoms with Crippen molar-refractivity contribution < 1.29 is 14.3 Å². The molecule has 0 aliphatic carbocycles. The van der Waals surface area contributed by atoms with Gasteiger partial charge in [-0.15, -0.1) is 0 Å². The van der Waals surface area contributed by atoms with Gasteiger partial charge in [0.1, 0.15) is 0 Å². The molecule has 1 aliphatic heterocycles. The second kappa shape index (κ2) is 8.15. The largest absolute Gasteiger partial charge is 0.469 e. The van der Waals surface area contributed by atoms with Crippen LogP contribution in [0.2, 0.25) is 0 Å². The molecule has 1 atom stereocenters. The van der Waals surface area contributed by atoms with Crippen LogP contribution in [0.25, 0.3) is 0 Å². The Hall–Kier alpha value is -1.10. The second-order valence-electron chi connectivity index (χ2n) is 5.22. The van der Waals surface area contributed by atoms with Crippen molar-refractivity contribution in [2.75, 3.05) is 33.8 Å². The molecular formula is C14H26N2O3. The van der Waals surface area contributed by atoms with Crippen LogP contribution in [0.15, 0.2) is 0 Å². The fourth-order valence-corrected chi connectivity index (χ4v) is 2.31. The van der Waals surface area contributed by atoms with Crippen molar-refractivity contribution in [3.05, 3.63) is 0 Å². The SMILES string of the molecule is COC(=O)CCN(C)C(C)C(=O)N1CCCCCC1. The third-order valence-corrected chi connectivity index (χ3v) is 3.83. The predicted molar refractivity (Wildman–Crippen MR) is 73.8 cm³/mol. The van der Waals surface area contributed by atoms with Crippen LogP contribution in [-0.2, 0) is 14.3 Å². The fourth-order valence-electron chi connectivity index (χ4n) is 2.31. The van der Waals surface area contributed by atoms with E-state index in [0.29, 0.717) is 13.0 Å². The van der Waals surface area contributed by atoms with Gasteiger partial charge in [-0.2, -0.15) is 0 Å². The van der Waals surface area contributed by atoms with Crippen LogP contribution in [0.3, 0.4) is 0 Å². The van der Waals surface area contributed by atoms with Gasteiger partial charge in [0.15, 0.2) is 0 Å². The number of esters is 1. The van der Waals surface area contributed by atoms with E-state index in [1.807, 2.05) is 23.8 Å². The Morgan fingerprint density at radius 1 is 1.21 bits per heavy atom. The summed E-state index contributed by atoms with van der Waals surface area (Å²) in [5.74, 6) is -0.0597. The van der Waals surface area contributed by atoms with Crippen molar-refractivity contribution in [3.63, 3.8) is 0 Å². The van der Waals surface area contributed by atoms with Gasteiger partial charge < -0.3 is 9.64 Å². The van der Waals surface area contributed by atoms with Crippen LogP contribution in [-0.4, -0.2) is 61.5 Å². The molecule has 0 N–H and O–H groups in total. The molecule has 1 rings (SSSR count). The Bertz CT molecular complexity index is 299. The lowest BCUT2D eigenvalue weighted by Gasteiger charge is -2.29. The molecule has 0 aromatic carbocycles. The topological polar surface area (TPSA) is 49.9 Å². The van der Waals surface area contributed by atoms with Gasteiger partial charge in [0.2, 0.25) is 5.91 Å². The molecule has 5 nitrogen and oxygen atoms in total. The quantitative estimate of drug-likeness (QED) is 0.706. The van der Waals surface area contributed by atoms with Crippen LogP contribution in [0, 0.1) is 0 Å². The van der Waals surface area contributed by atoms with Gasteiger partial charge in [-0.25, -0.2) is 0 Å². The highest BCUT2D eigenvalue weighted by atomic mass is 16.5. The number of hydrogen-bond acceptors (Lipinski definition) is 4. The summed E-state index contributed by atoms with van der Waals surface area (Å²) < 4.78 is 4.61. The summed E-state index contributed by atoms with van der Waals surface area (Å²) in [6, 6.07) is -0.178. The Balaban J connectivity index is 2.43. The number of carbonyl (C=O) groups is 2. The van der Waals surface area contributed by atoms with Crippen LogP contribution < -0.4 is 0 Å². The summed E-state index contributed by atoms with van der Waals surface area (Å²) >= 11 is 0. The lowest BCUT2D eigenvalue weighted by Crippen LogP contribution is -2.46. The van der Waals surface area contributed by atoms with Crippen LogP contribution in [0.1, 0.15) is 39.0 Å². The van der Waals surface area contributed by atoms with Crippen LogP contribution >= 0.6 is 0 Å². The Morgan fingerprint density at radius 2 is 1.79 bits per heavy atom. The summed E-state index contributed by atoms with van der Waals surface area (Å²) in [4.78, 5) is 27.4. The van der Waals surface area contributed by atoms with Crippen molar-refractivity contribution in [3.8, 4) is 0 Å². The van der Waals surface area contributed by atoms with Gasteiger partial charge in [0.25, 0.3) is 0 Å². The molecule has 0 spiro atoms. The molecule has 0 bridgehead atoms. The lowest BCUT2D eigenvalue weighted by atomic mass is 10.2. The third kappa shape index (κ3) is 5.19. The van der Waals surface area contributed by atoms with Gasteiger partial charge in [0.05, 0.1) is 19.6 Å². The van der Waals surface area contributed by atoms with E-state index in [9.17, 15) is 9.59 Å². The first-order valence-electron chi connectivity index (χ1n) is 7.12. The smallest absolute Gasteiger partial charge is 0.306 e. The molecule has 1 fully saturated rings. The van der Waals surface area contributed by atoms with Gasteiger partial charge in [-0.05, 0) is 26.8 Å². The Labute approximate surface area is 115 Å². The number of methoxy groups -OCH3 is 1. The highest BCUT2D eigenvalue weighted by molar-refractivity contribution is 5.81. The summed E-state index contributed by atoms with van der Waals surface area (Å²) in [7, 11) is 3.26. The minimum absolute atomic E-state index is 0.175. The molecule has 1 saturated heterocycles. The molecule has 1 aliphatic rings. The van der Waals surface area contributed by atoms with Crippen molar-refractivity contribution in [2.24, 2.45) is 0 Å². The molecule has 19 heavy (non-hydrogen) atoms. The first-order valence-corrected chi connectivity index (χ1v) is 7.12. The highest BCUT2D eigenvalue weighted by Gasteiger charge is 2.24. The highest BCUT2D eigenvalue weighted by Crippen LogP contribution is 2.12. The average molecular weight is 270 g/mol. The lowest BCUT2D eigenvalue weighted by molar-refractivity contribution is -0.142. The maximum absolute atomic E-state index is 12.4. The van der Waals surface area contributed by atoms with E-state index < -0.39 is 0 Å². The molecule has 0 aromatic rings. The number of amides is 1. The number of carbonyl (C=O) groups excluding carboxylic acids is 2. The molecule has 0 aromatic heterocycles. The first kappa shape index (κ1) is 16.0. The summed E-state index contributed by atoms with van der Waals surface area (Å²) in [6.07, 6.45) is 4.96. The van der Waals surface area contributed by atoms with Gasteiger partial charge >= 0.3 is 5.97 Å². The van der Waals surface area contributed by atoms with Gasteiger partial charge in [0, 0.05) is 19.6 Å². The maximum Gasteiger partial charge on any atom is 0.306 e. The Kier molecular flexibility index (Phi) is 6.84. The van der Waals surface area contributed by atoms with E-state index in [2.05, 4.69) is 4.74 Å². The van der Waals surface area contributed by atoms with E-state index in [-0.39, 0.29) is 17.9 Å². The molecular weight excluding hydrogens is 244 g/mol. The van der Waals surface area contributed by atoms with Gasteiger partial charge in [-0.3, -0.25) is 14.5 Å². The number of hydrogen-bond donors (Lipinski definition) is 0. The Morgan fingerprint density at radius 3 is 2.32 bits per heavy atom. The zero-order chi connectivity index (χ0) is 14.3. The molecule has 5 heteroatoms. The molecule has 1 amide bonds. The fraction of sp³-hybridized carbons (Fsp3) is 0.857. The second-order valence-corrected chi connectivity index (χ2v) is 5.22. The predicted octanol–water partition coefficient (Wildman–Crippen LogP) is 1.27. The van der Waals surface area contributed by atoms with E-state index in [4.69, 9.17) is 0 Å².